The quantitative estimate of drug-likeness (QED) is 0.151. The van der Waals surface area contributed by atoms with Crippen LogP contribution >= 0.6 is 0 Å². The van der Waals surface area contributed by atoms with Crippen molar-refractivity contribution in [3.05, 3.63) is 224 Å². The summed E-state index contributed by atoms with van der Waals surface area (Å²) in [6.07, 6.45) is 0. The molecule has 0 spiro atoms. The maximum absolute atomic E-state index is 6.75. The van der Waals surface area contributed by atoms with E-state index in [9.17, 15) is 0 Å². The fraction of sp³-hybridized carbons (Fsp3) is 0. The highest BCUT2D eigenvalue weighted by Gasteiger charge is 2.22. The molecule has 2 nitrogen and oxygen atoms in total. The maximum atomic E-state index is 6.75. The number of nitrogens with zero attached hydrogens (tertiary/aromatic N) is 1. The number of hydrogen-bond acceptors (Lipinski definition) is 2. The minimum Gasteiger partial charge on any atom is -0.455 e. The maximum Gasteiger partial charge on any atom is 0.145 e. The minimum absolute atomic E-state index is 0.870. The highest BCUT2D eigenvalue weighted by Crippen LogP contribution is 2.47. The third-order valence-corrected chi connectivity index (χ3v) is 11.5. The molecule has 272 valence electrons. The molecule has 10 aromatic carbocycles. The lowest BCUT2D eigenvalue weighted by Gasteiger charge is -2.27. The van der Waals surface area contributed by atoms with E-state index >= 15 is 0 Å². The summed E-state index contributed by atoms with van der Waals surface area (Å²) in [5, 5.41) is 7.21. The van der Waals surface area contributed by atoms with Crippen LogP contribution in [0.25, 0.3) is 88.0 Å². The predicted octanol–water partition coefficient (Wildman–Crippen LogP) is 16.0. The standard InChI is InChI=1S/C56H37NO/c1-3-13-38(14-4-1)39-23-25-40(26-24-39)41-27-31-45(32-28-41)57(53-36-35-48(42-15-5-2-6-16-42)56-55(53)51-21-11-12-22-54(51)58-56)46-33-29-43(30-34-46)52-37-44-17-7-8-18-47(44)49-19-9-10-20-50(49)52/h1-37H. The predicted molar refractivity (Wildman–Crippen MR) is 245 cm³/mol. The Morgan fingerprint density at radius 2 is 0.776 bits per heavy atom. The van der Waals surface area contributed by atoms with Crippen LogP contribution in [0.5, 0.6) is 0 Å². The first kappa shape index (κ1) is 33.6. The van der Waals surface area contributed by atoms with Crippen molar-refractivity contribution in [3.8, 4) is 44.5 Å². The van der Waals surface area contributed by atoms with Gasteiger partial charge in [0.05, 0.1) is 11.1 Å². The van der Waals surface area contributed by atoms with E-state index in [1.54, 1.807) is 0 Å². The summed E-state index contributed by atoms with van der Waals surface area (Å²) in [6, 6.07) is 80.5. The van der Waals surface area contributed by atoms with Gasteiger partial charge in [-0.2, -0.15) is 0 Å². The van der Waals surface area contributed by atoms with Crippen LogP contribution in [0.2, 0.25) is 0 Å². The summed E-state index contributed by atoms with van der Waals surface area (Å²) in [7, 11) is 0. The van der Waals surface area contributed by atoms with Crippen molar-refractivity contribution in [2.75, 3.05) is 4.90 Å². The van der Waals surface area contributed by atoms with Gasteiger partial charge < -0.3 is 9.32 Å². The first-order chi connectivity index (χ1) is 28.8. The van der Waals surface area contributed by atoms with Crippen LogP contribution in [0, 0.1) is 0 Å². The van der Waals surface area contributed by atoms with Gasteiger partial charge in [0, 0.05) is 22.3 Å². The zero-order chi connectivity index (χ0) is 38.4. The average Bonchev–Trinajstić information content (AvgIpc) is 3.70. The van der Waals surface area contributed by atoms with Gasteiger partial charge in [-0.1, -0.05) is 176 Å². The summed E-state index contributed by atoms with van der Waals surface area (Å²) >= 11 is 0. The Kier molecular flexibility index (Phi) is 8.19. The molecule has 0 bridgehead atoms. The Bertz CT molecular complexity index is 3240. The lowest BCUT2D eigenvalue weighted by molar-refractivity contribution is 0.670. The van der Waals surface area contributed by atoms with Crippen molar-refractivity contribution in [3.63, 3.8) is 0 Å². The highest BCUT2D eigenvalue weighted by molar-refractivity contribution is 6.17. The second-order valence-electron chi connectivity index (χ2n) is 14.9. The molecule has 0 amide bonds. The molecule has 0 aliphatic rings. The van der Waals surface area contributed by atoms with Crippen molar-refractivity contribution in [2.45, 2.75) is 0 Å². The number of furan rings is 1. The molecule has 0 saturated carbocycles. The molecular formula is C56H37NO. The molecule has 11 rings (SSSR count). The SMILES string of the molecule is c1ccc(-c2ccc(-c3ccc(N(c4ccc(-c5cc6ccccc6c6ccccc56)cc4)c4ccc(-c5ccccc5)c5oc6ccccc6c45)cc3)cc2)cc1. The number of fused-ring (bicyclic) bond motifs is 6. The van der Waals surface area contributed by atoms with Crippen molar-refractivity contribution < 1.29 is 4.42 Å². The molecule has 1 heterocycles. The van der Waals surface area contributed by atoms with E-state index in [2.05, 4.69) is 223 Å². The number of rotatable bonds is 7. The smallest absolute Gasteiger partial charge is 0.145 e. The zero-order valence-electron chi connectivity index (χ0n) is 31.7. The topological polar surface area (TPSA) is 16.4 Å². The van der Waals surface area contributed by atoms with Crippen molar-refractivity contribution in [1.82, 2.24) is 0 Å². The third kappa shape index (κ3) is 5.82. The summed E-state index contributed by atoms with van der Waals surface area (Å²) < 4.78 is 6.75. The second kappa shape index (κ2) is 14.1. The highest BCUT2D eigenvalue weighted by atomic mass is 16.3. The minimum atomic E-state index is 0.870. The molecule has 0 aliphatic heterocycles. The third-order valence-electron chi connectivity index (χ3n) is 11.5. The molecule has 11 aromatic rings. The Labute approximate surface area is 337 Å². The van der Waals surface area contributed by atoms with Crippen molar-refractivity contribution in [2.24, 2.45) is 0 Å². The Hall–Kier alpha value is -7.68. The molecule has 0 N–H and O–H groups in total. The monoisotopic (exact) mass is 739 g/mol. The Balaban J connectivity index is 1.07. The molecule has 0 aliphatic carbocycles. The molecule has 0 fully saturated rings. The van der Waals surface area contributed by atoms with Crippen LogP contribution in [0.1, 0.15) is 0 Å². The van der Waals surface area contributed by atoms with Gasteiger partial charge >= 0.3 is 0 Å². The number of benzene rings is 10. The van der Waals surface area contributed by atoms with E-state index in [0.717, 1.165) is 50.1 Å². The van der Waals surface area contributed by atoms with Crippen LogP contribution in [-0.4, -0.2) is 0 Å². The fourth-order valence-corrected chi connectivity index (χ4v) is 8.64. The largest absolute Gasteiger partial charge is 0.455 e. The van der Waals surface area contributed by atoms with Crippen LogP contribution in [0.3, 0.4) is 0 Å². The van der Waals surface area contributed by atoms with E-state index in [1.165, 1.54) is 54.9 Å². The summed E-state index contributed by atoms with van der Waals surface area (Å²) in [4.78, 5) is 2.38. The summed E-state index contributed by atoms with van der Waals surface area (Å²) in [5.41, 5.74) is 14.3. The number of anilines is 3. The Morgan fingerprint density at radius 3 is 1.43 bits per heavy atom. The molecular weight excluding hydrogens is 703 g/mol. The van der Waals surface area contributed by atoms with Crippen LogP contribution in [-0.2, 0) is 0 Å². The van der Waals surface area contributed by atoms with Gasteiger partial charge in [0.15, 0.2) is 0 Å². The van der Waals surface area contributed by atoms with Crippen LogP contribution in [0.4, 0.5) is 17.1 Å². The normalized spacial score (nSPS) is 11.4. The molecule has 1 aromatic heterocycles. The van der Waals surface area contributed by atoms with Gasteiger partial charge in [0.1, 0.15) is 11.2 Å². The lowest BCUT2D eigenvalue weighted by atomic mass is 9.93. The molecule has 58 heavy (non-hydrogen) atoms. The molecule has 0 unspecified atom stereocenters. The van der Waals surface area contributed by atoms with Gasteiger partial charge in [-0.3, -0.25) is 0 Å². The van der Waals surface area contributed by atoms with Gasteiger partial charge in [0.2, 0.25) is 0 Å². The zero-order valence-corrected chi connectivity index (χ0v) is 31.7. The van der Waals surface area contributed by atoms with Crippen molar-refractivity contribution in [1.29, 1.82) is 0 Å². The first-order valence-electron chi connectivity index (χ1n) is 19.8. The second-order valence-corrected chi connectivity index (χ2v) is 14.9. The summed E-state index contributed by atoms with van der Waals surface area (Å²) in [5.74, 6) is 0. The first-order valence-corrected chi connectivity index (χ1v) is 19.8. The molecule has 0 radical (unpaired) electrons. The van der Waals surface area contributed by atoms with Gasteiger partial charge in [-0.15, -0.1) is 0 Å². The van der Waals surface area contributed by atoms with E-state index in [4.69, 9.17) is 4.42 Å². The lowest BCUT2D eigenvalue weighted by Crippen LogP contribution is -2.10. The van der Waals surface area contributed by atoms with E-state index in [-0.39, 0.29) is 0 Å². The average molecular weight is 740 g/mol. The Morgan fingerprint density at radius 1 is 0.310 bits per heavy atom. The number of hydrogen-bond donors (Lipinski definition) is 0. The van der Waals surface area contributed by atoms with Crippen molar-refractivity contribution >= 4 is 60.5 Å². The van der Waals surface area contributed by atoms with E-state index in [1.807, 2.05) is 6.07 Å². The van der Waals surface area contributed by atoms with E-state index in [0.29, 0.717) is 0 Å². The molecule has 2 heteroatoms. The van der Waals surface area contributed by atoms with Crippen LogP contribution < -0.4 is 4.90 Å². The van der Waals surface area contributed by atoms with Crippen LogP contribution in [0.15, 0.2) is 229 Å². The molecule has 0 saturated heterocycles. The van der Waals surface area contributed by atoms with E-state index < -0.39 is 0 Å². The summed E-state index contributed by atoms with van der Waals surface area (Å²) in [6.45, 7) is 0. The van der Waals surface area contributed by atoms with Gasteiger partial charge in [-0.05, 0) is 109 Å². The van der Waals surface area contributed by atoms with Gasteiger partial charge in [0.25, 0.3) is 0 Å². The number of para-hydroxylation sites is 1. The fourth-order valence-electron chi connectivity index (χ4n) is 8.64. The van der Waals surface area contributed by atoms with Gasteiger partial charge in [-0.25, -0.2) is 0 Å². The molecule has 0 atom stereocenters.